The Labute approximate surface area is 230 Å². The predicted molar refractivity (Wildman–Crippen MR) is 143 cm³/mol. The van der Waals surface area contributed by atoms with Crippen LogP contribution in [0.2, 0.25) is 0 Å². The molecule has 0 radical (unpaired) electrons. The molecule has 4 rings (SSSR count). The number of pyridine rings is 1. The first-order valence-electron chi connectivity index (χ1n) is 12.8. The van der Waals surface area contributed by atoms with Crippen LogP contribution in [0.15, 0.2) is 42.6 Å². The number of aromatic nitrogens is 3. The fourth-order valence-electron chi connectivity index (χ4n) is 4.38. The van der Waals surface area contributed by atoms with Crippen LogP contribution in [0.25, 0.3) is 11.3 Å². The van der Waals surface area contributed by atoms with Crippen LogP contribution in [0.5, 0.6) is 11.6 Å². The van der Waals surface area contributed by atoms with E-state index in [1.54, 1.807) is 25.4 Å². The monoisotopic (exact) mass is 552 g/mol. The number of anilines is 2. The number of aliphatic hydroxyl groups excluding tert-OH is 1. The zero-order valence-corrected chi connectivity index (χ0v) is 22.4. The molecule has 3 heterocycles. The summed E-state index contributed by atoms with van der Waals surface area (Å²) >= 11 is 0. The first-order valence-corrected chi connectivity index (χ1v) is 12.8. The van der Waals surface area contributed by atoms with Crippen molar-refractivity contribution in [3.8, 4) is 29.0 Å². The summed E-state index contributed by atoms with van der Waals surface area (Å²) in [5, 5.41) is 21.7. The molecule has 40 heavy (non-hydrogen) atoms. The van der Waals surface area contributed by atoms with Gasteiger partial charge in [0.15, 0.2) is 6.10 Å². The molecular weight excluding hydrogens is 522 g/mol. The molecule has 12 heteroatoms. The number of nitrogens with zero attached hydrogens (tertiary/aromatic N) is 5. The second kappa shape index (κ2) is 12.2. The molecule has 210 valence electrons. The molecule has 1 aliphatic rings. The van der Waals surface area contributed by atoms with Crippen LogP contribution in [0.3, 0.4) is 0 Å². The predicted octanol–water partition coefficient (Wildman–Crippen LogP) is 4.28. The Bertz CT molecular complexity index is 1410. The van der Waals surface area contributed by atoms with Crippen molar-refractivity contribution in [3.05, 3.63) is 53.7 Å². The highest BCUT2D eigenvalue weighted by Gasteiger charge is 2.47. The lowest BCUT2D eigenvalue weighted by Gasteiger charge is -2.38. The van der Waals surface area contributed by atoms with Crippen molar-refractivity contribution in [2.75, 3.05) is 32.1 Å². The number of aliphatic hydroxyl groups is 1. The van der Waals surface area contributed by atoms with Gasteiger partial charge in [-0.1, -0.05) is 13.8 Å². The second-order valence-electron chi connectivity index (χ2n) is 9.45. The number of nitrogens with one attached hydrogen (secondary N) is 1. The van der Waals surface area contributed by atoms with E-state index in [0.717, 1.165) is 16.9 Å². The lowest BCUT2D eigenvalue weighted by molar-refractivity contribution is -0.161. The van der Waals surface area contributed by atoms with Gasteiger partial charge >= 0.3 is 5.92 Å². The fraction of sp³-hybridized carbons (Fsp3) is 0.393. The van der Waals surface area contributed by atoms with Gasteiger partial charge in [0.25, 0.3) is 0 Å². The molecule has 1 fully saturated rings. The van der Waals surface area contributed by atoms with E-state index in [2.05, 4.69) is 34.1 Å². The summed E-state index contributed by atoms with van der Waals surface area (Å²) in [4.78, 5) is 25.8. The number of likely N-dealkylation sites (tertiary alicyclic amines) is 1. The Morgan fingerprint density at radius 2 is 2.10 bits per heavy atom. The average molecular weight is 553 g/mol. The minimum atomic E-state index is -3.36. The number of piperidine rings is 1. The molecule has 1 aromatic carbocycles. The van der Waals surface area contributed by atoms with E-state index in [4.69, 9.17) is 14.6 Å². The molecule has 2 N–H and O–H groups in total. The zero-order valence-electron chi connectivity index (χ0n) is 22.4. The molecule has 0 bridgehead atoms. The topological polar surface area (TPSA) is 133 Å². The van der Waals surface area contributed by atoms with E-state index in [-0.39, 0.29) is 36.1 Å². The summed E-state index contributed by atoms with van der Waals surface area (Å²) in [7, 11) is 1.57. The van der Waals surface area contributed by atoms with Crippen LogP contribution >= 0.6 is 0 Å². The number of halogens is 2. The van der Waals surface area contributed by atoms with Gasteiger partial charge in [0.05, 0.1) is 24.9 Å². The van der Waals surface area contributed by atoms with E-state index in [1.807, 2.05) is 18.2 Å². The van der Waals surface area contributed by atoms with Crippen LogP contribution in [-0.2, 0) is 4.79 Å². The molecule has 2 unspecified atom stereocenters. The number of methoxy groups -OCH3 is 1. The summed E-state index contributed by atoms with van der Waals surface area (Å²) in [5.74, 6) is -2.56. The number of carbonyl (C=O) groups excluding carboxylic acids is 1. The van der Waals surface area contributed by atoms with E-state index in [1.165, 1.54) is 12.1 Å². The lowest BCUT2D eigenvalue weighted by Crippen LogP contribution is -2.55. The molecule has 2 aromatic heterocycles. The van der Waals surface area contributed by atoms with Gasteiger partial charge in [-0.25, -0.2) is 18.7 Å². The molecular formula is C28H30F2N6O4. The number of nitriles is 1. The maximum absolute atomic E-state index is 14.7. The fourth-order valence-corrected chi connectivity index (χ4v) is 4.38. The van der Waals surface area contributed by atoms with Crippen molar-refractivity contribution in [2.24, 2.45) is 0 Å². The largest absolute Gasteiger partial charge is 0.483 e. The van der Waals surface area contributed by atoms with Crippen molar-refractivity contribution in [1.29, 1.82) is 5.26 Å². The molecule has 1 amide bonds. The number of benzene rings is 1. The Kier molecular flexibility index (Phi) is 8.74. The van der Waals surface area contributed by atoms with Gasteiger partial charge in [0, 0.05) is 30.3 Å². The smallest absolute Gasteiger partial charge is 0.301 e. The van der Waals surface area contributed by atoms with Gasteiger partial charge in [-0.15, -0.1) is 0 Å². The number of ether oxygens (including phenoxy) is 2. The lowest BCUT2D eigenvalue weighted by atomic mass is 10.00. The van der Waals surface area contributed by atoms with E-state index in [9.17, 15) is 18.8 Å². The Morgan fingerprint density at radius 1 is 1.30 bits per heavy atom. The highest BCUT2D eigenvalue weighted by Crippen LogP contribution is 2.34. The minimum absolute atomic E-state index is 0.00274. The van der Waals surface area contributed by atoms with Crippen LogP contribution in [0.1, 0.15) is 43.7 Å². The molecule has 1 aliphatic heterocycles. The Morgan fingerprint density at radius 3 is 2.77 bits per heavy atom. The van der Waals surface area contributed by atoms with Crippen LogP contribution < -0.4 is 14.8 Å². The third-order valence-corrected chi connectivity index (χ3v) is 6.81. The Balaban J connectivity index is 1.52. The van der Waals surface area contributed by atoms with Gasteiger partial charge in [-0.2, -0.15) is 10.2 Å². The number of carbonyl (C=O) groups is 1. The minimum Gasteiger partial charge on any atom is -0.483 e. The van der Waals surface area contributed by atoms with E-state index < -0.39 is 31.1 Å². The number of hydrogen-bond acceptors (Lipinski definition) is 9. The van der Waals surface area contributed by atoms with Crippen molar-refractivity contribution in [2.45, 2.75) is 44.6 Å². The number of hydrogen-bond donors (Lipinski definition) is 2. The Hall–Kier alpha value is -4.37. The van der Waals surface area contributed by atoms with Crippen LogP contribution in [0.4, 0.5) is 20.5 Å². The molecule has 0 saturated carbocycles. The summed E-state index contributed by atoms with van der Waals surface area (Å²) in [6.07, 6.45) is 0.814. The van der Waals surface area contributed by atoms with Gasteiger partial charge in [0.1, 0.15) is 24.2 Å². The maximum Gasteiger partial charge on any atom is 0.301 e. The summed E-state index contributed by atoms with van der Waals surface area (Å²) in [6, 6.07) is 12.0. The third-order valence-electron chi connectivity index (χ3n) is 6.81. The van der Waals surface area contributed by atoms with Crippen LogP contribution in [-0.4, -0.2) is 69.7 Å². The standard InChI is InChI=1S/C28H30F2N6O4/c1-4-17(2)20-6-8-24(34-26(20)39-3)35-27-32-11-9-21(33-27)18-5-7-22(19(13-18)14-31)40-23-10-12-36(25(38)15-37)16-28(23,29)30/h5-9,11,13,17,23,37H,4,10,12,15-16H2,1-3H3,(H,32,33,34,35). The zero-order chi connectivity index (χ0) is 28.9. The van der Waals surface area contributed by atoms with Gasteiger partial charge in [-0.3, -0.25) is 4.79 Å². The highest BCUT2D eigenvalue weighted by molar-refractivity contribution is 5.77. The molecule has 0 aliphatic carbocycles. The first kappa shape index (κ1) is 28.6. The molecule has 1 saturated heterocycles. The van der Waals surface area contributed by atoms with Crippen molar-refractivity contribution in [3.63, 3.8) is 0 Å². The van der Waals surface area contributed by atoms with Crippen molar-refractivity contribution < 1.29 is 28.2 Å². The van der Waals surface area contributed by atoms with Crippen LogP contribution in [0, 0.1) is 11.3 Å². The SMILES string of the molecule is CCC(C)c1ccc(Nc2nccc(-c3ccc(OC4CCN(C(=O)CO)CC4(F)F)c(C#N)c3)n2)nc1OC. The van der Waals surface area contributed by atoms with Gasteiger partial charge < -0.3 is 24.8 Å². The number of alkyl halides is 2. The summed E-state index contributed by atoms with van der Waals surface area (Å²) in [5.41, 5.74) is 2.10. The molecule has 3 aromatic rings. The first-order chi connectivity index (χ1) is 19.2. The average Bonchev–Trinajstić information content (AvgIpc) is 2.97. The molecule has 2 atom stereocenters. The molecule has 10 nitrogen and oxygen atoms in total. The number of rotatable bonds is 9. The van der Waals surface area contributed by atoms with Crippen molar-refractivity contribution >= 4 is 17.7 Å². The number of amides is 1. The quantitative estimate of drug-likeness (QED) is 0.399. The third kappa shape index (κ3) is 6.26. The maximum atomic E-state index is 14.7. The van der Waals surface area contributed by atoms with Crippen molar-refractivity contribution in [1.82, 2.24) is 19.9 Å². The second-order valence-corrected chi connectivity index (χ2v) is 9.45. The summed E-state index contributed by atoms with van der Waals surface area (Å²) < 4.78 is 40.4. The summed E-state index contributed by atoms with van der Waals surface area (Å²) in [6.45, 7) is 2.50. The van der Waals surface area contributed by atoms with Gasteiger partial charge in [0.2, 0.25) is 17.7 Å². The normalized spacial score (nSPS) is 17.0. The molecule has 0 spiro atoms. The highest BCUT2D eigenvalue weighted by atomic mass is 19.3. The van der Waals surface area contributed by atoms with E-state index >= 15 is 0 Å². The van der Waals surface area contributed by atoms with Gasteiger partial charge in [-0.05, 0) is 48.7 Å². The van der Waals surface area contributed by atoms with E-state index in [0.29, 0.717) is 23.0 Å².